The number of aliphatic hydroxyl groups is 1. The van der Waals surface area contributed by atoms with Crippen LogP contribution in [0.3, 0.4) is 0 Å². The smallest absolute Gasteiger partial charge is 0.277 e. The van der Waals surface area contributed by atoms with E-state index in [1.807, 2.05) is 6.92 Å². The highest BCUT2D eigenvalue weighted by Crippen LogP contribution is 2.01. The predicted molar refractivity (Wildman–Crippen MR) is 56.1 cm³/mol. The van der Waals surface area contributed by atoms with Gasteiger partial charge in [-0.05, 0) is 19.3 Å². The van der Waals surface area contributed by atoms with Crippen LogP contribution in [0.5, 0.6) is 0 Å². The Morgan fingerprint density at radius 3 is 2.36 bits per heavy atom. The Morgan fingerprint density at radius 1 is 1.36 bits per heavy atom. The topological polar surface area (TPSA) is 78.4 Å². The molecule has 0 aromatic carbocycles. The zero-order valence-corrected chi connectivity index (χ0v) is 9.76. The van der Waals surface area contributed by atoms with E-state index in [1.165, 1.54) is 0 Å². The van der Waals surface area contributed by atoms with Crippen LogP contribution in [-0.4, -0.2) is 32.7 Å². The normalized spacial score (nSPS) is 16.6. The highest BCUT2D eigenvalue weighted by molar-refractivity contribution is 7.87. The lowest BCUT2D eigenvalue weighted by molar-refractivity contribution is 0.216. The summed E-state index contributed by atoms with van der Waals surface area (Å²) < 4.78 is 27.5. The molecule has 0 saturated heterocycles. The minimum Gasteiger partial charge on any atom is -0.396 e. The first-order chi connectivity index (χ1) is 6.43. The molecule has 5 nitrogen and oxygen atoms in total. The van der Waals surface area contributed by atoms with Gasteiger partial charge in [-0.2, -0.15) is 13.1 Å². The van der Waals surface area contributed by atoms with Crippen LogP contribution < -0.4 is 9.44 Å². The molecule has 0 aromatic rings. The van der Waals surface area contributed by atoms with Crippen LogP contribution in [-0.2, 0) is 10.2 Å². The van der Waals surface area contributed by atoms with Crippen LogP contribution in [0.2, 0.25) is 0 Å². The van der Waals surface area contributed by atoms with Crippen LogP contribution in [0.1, 0.15) is 27.2 Å². The summed E-state index contributed by atoms with van der Waals surface area (Å²) in [5.41, 5.74) is 0. The summed E-state index contributed by atoms with van der Waals surface area (Å²) in [7, 11) is -3.41. The molecule has 3 N–H and O–H groups in total. The van der Waals surface area contributed by atoms with Crippen molar-refractivity contribution >= 4 is 10.2 Å². The lowest BCUT2D eigenvalue weighted by atomic mass is 10.1. The van der Waals surface area contributed by atoms with Crippen LogP contribution in [0.25, 0.3) is 0 Å². The highest BCUT2D eigenvalue weighted by Gasteiger charge is 2.17. The summed E-state index contributed by atoms with van der Waals surface area (Å²) in [5, 5.41) is 8.82. The van der Waals surface area contributed by atoms with Gasteiger partial charge in [0.05, 0.1) is 0 Å². The van der Waals surface area contributed by atoms with Crippen LogP contribution >= 0.6 is 0 Å². The molecule has 0 spiro atoms. The van der Waals surface area contributed by atoms with Crippen molar-refractivity contribution < 1.29 is 13.5 Å². The molecule has 0 bridgehead atoms. The molecule has 0 rings (SSSR count). The molecule has 0 fully saturated rings. The molecule has 2 atom stereocenters. The van der Waals surface area contributed by atoms with Crippen molar-refractivity contribution in [2.45, 2.75) is 33.2 Å². The maximum absolute atomic E-state index is 11.3. The van der Waals surface area contributed by atoms with Gasteiger partial charge in [-0.25, -0.2) is 4.72 Å². The van der Waals surface area contributed by atoms with E-state index in [-0.39, 0.29) is 18.6 Å². The van der Waals surface area contributed by atoms with E-state index < -0.39 is 10.2 Å². The minimum atomic E-state index is -3.41. The molecule has 0 heterocycles. The Kier molecular flexibility index (Phi) is 6.26. The number of hydrogen-bond donors (Lipinski definition) is 3. The van der Waals surface area contributed by atoms with Crippen LogP contribution in [0.15, 0.2) is 0 Å². The molecule has 6 heteroatoms. The quantitative estimate of drug-likeness (QED) is 0.562. The molecule has 0 radical (unpaired) electrons. The third-order valence-electron chi connectivity index (χ3n) is 2.02. The molecular weight excluding hydrogens is 204 g/mol. The van der Waals surface area contributed by atoms with E-state index in [2.05, 4.69) is 9.44 Å². The van der Waals surface area contributed by atoms with Gasteiger partial charge in [-0.1, -0.05) is 13.8 Å². The minimum absolute atomic E-state index is 0.0303. The van der Waals surface area contributed by atoms with E-state index in [9.17, 15) is 8.42 Å². The lowest BCUT2D eigenvalue weighted by Crippen LogP contribution is -2.44. The molecule has 14 heavy (non-hydrogen) atoms. The summed E-state index contributed by atoms with van der Waals surface area (Å²) in [6.07, 6.45) is 0.755. The fourth-order valence-electron chi connectivity index (χ4n) is 0.797. The van der Waals surface area contributed by atoms with Crippen LogP contribution in [0, 0.1) is 5.92 Å². The first-order valence-electron chi connectivity index (χ1n) is 4.80. The van der Waals surface area contributed by atoms with Crippen LogP contribution in [0.4, 0.5) is 0 Å². The molecule has 0 aliphatic rings. The zero-order chi connectivity index (χ0) is 11.2. The van der Waals surface area contributed by atoms with Crippen molar-refractivity contribution in [3.8, 4) is 0 Å². The van der Waals surface area contributed by atoms with Crippen molar-refractivity contribution in [3.05, 3.63) is 0 Å². The van der Waals surface area contributed by atoms with E-state index in [1.54, 1.807) is 13.8 Å². The van der Waals surface area contributed by atoms with Gasteiger partial charge in [-0.15, -0.1) is 0 Å². The van der Waals surface area contributed by atoms with E-state index >= 15 is 0 Å². The SMILES string of the molecule is CCCNS(=O)(=O)NC(C)C(C)CO. The number of nitrogens with one attached hydrogen (secondary N) is 2. The standard InChI is InChI=1S/C8H20N2O3S/c1-4-5-9-14(12,13)10-8(3)7(2)6-11/h7-11H,4-6H2,1-3H3. The first kappa shape index (κ1) is 13.8. The summed E-state index contributed by atoms with van der Waals surface area (Å²) >= 11 is 0. The Balaban J connectivity index is 4.08. The van der Waals surface area contributed by atoms with Gasteiger partial charge < -0.3 is 5.11 Å². The largest absolute Gasteiger partial charge is 0.396 e. The van der Waals surface area contributed by atoms with Gasteiger partial charge >= 0.3 is 0 Å². The molecule has 0 aliphatic carbocycles. The molecule has 86 valence electrons. The van der Waals surface area contributed by atoms with Gasteiger partial charge in [0, 0.05) is 19.2 Å². The molecule has 0 aromatic heterocycles. The second-order valence-corrected chi connectivity index (χ2v) is 5.00. The number of hydrogen-bond acceptors (Lipinski definition) is 3. The van der Waals surface area contributed by atoms with E-state index in [4.69, 9.17) is 5.11 Å². The average molecular weight is 224 g/mol. The van der Waals surface area contributed by atoms with Crippen molar-refractivity contribution in [1.29, 1.82) is 0 Å². The lowest BCUT2D eigenvalue weighted by Gasteiger charge is -2.19. The Bertz CT molecular complexity index is 241. The monoisotopic (exact) mass is 224 g/mol. The van der Waals surface area contributed by atoms with E-state index in [0.29, 0.717) is 6.54 Å². The molecule has 0 amide bonds. The van der Waals surface area contributed by atoms with Gasteiger partial charge in [0.25, 0.3) is 10.2 Å². The van der Waals surface area contributed by atoms with Gasteiger partial charge in [0.2, 0.25) is 0 Å². The maximum atomic E-state index is 11.3. The van der Waals surface area contributed by atoms with Gasteiger partial charge in [-0.3, -0.25) is 0 Å². The predicted octanol–water partition coefficient (Wildman–Crippen LogP) is -0.163. The number of aliphatic hydroxyl groups excluding tert-OH is 1. The fourth-order valence-corrected chi connectivity index (χ4v) is 2.08. The molecular formula is C8H20N2O3S. The van der Waals surface area contributed by atoms with Crippen molar-refractivity contribution in [2.24, 2.45) is 5.92 Å². The van der Waals surface area contributed by atoms with Crippen molar-refractivity contribution in [3.63, 3.8) is 0 Å². The summed E-state index contributed by atoms with van der Waals surface area (Å²) in [6.45, 7) is 5.80. The third-order valence-corrected chi connectivity index (χ3v) is 3.29. The zero-order valence-electron chi connectivity index (χ0n) is 8.95. The van der Waals surface area contributed by atoms with E-state index in [0.717, 1.165) is 6.42 Å². The van der Waals surface area contributed by atoms with Crippen molar-refractivity contribution in [1.82, 2.24) is 9.44 Å². The average Bonchev–Trinajstić information content (AvgIpc) is 2.12. The summed E-state index contributed by atoms with van der Waals surface area (Å²) in [6, 6.07) is -0.269. The molecule has 0 saturated carbocycles. The Labute approximate surface area is 86.1 Å². The fraction of sp³-hybridized carbons (Fsp3) is 1.00. The second kappa shape index (κ2) is 6.34. The Morgan fingerprint density at radius 2 is 1.93 bits per heavy atom. The first-order valence-corrected chi connectivity index (χ1v) is 6.29. The number of rotatable bonds is 7. The summed E-state index contributed by atoms with van der Waals surface area (Å²) in [5.74, 6) is -0.0896. The Hall–Kier alpha value is -0.170. The highest BCUT2D eigenvalue weighted by atomic mass is 32.2. The molecule has 0 aliphatic heterocycles. The van der Waals surface area contributed by atoms with Gasteiger partial charge in [0.15, 0.2) is 0 Å². The second-order valence-electron chi connectivity index (χ2n) is 3.46. The summed E-state index contributed by atoms with van der Waals surface area (Å²) in [4.78, 5) is 0. The third kappa shape index (κ3) is 5.54. The van der Waals surface area contributed by atoms with Gasteiger partial charge in [0.1, 0.15) is 0 Å². The molecule has 2 unspecified atom stereocenters. The van der Waals surface area contributed by atoms with Crippen molar-refractivity contribution in [2.75, 3.05) is 13.2 Å². The maximum Gasteiger partial charge on any atom is 0.277 e.